The van der Waals surface area contributed by atoms with Crippen LogP contribution < -0.4 is 14.8 Å². The van der Waals surface area contributed by atoms with Crippen LogP contribution in [0.5, 0.6) is 5.75 Å². The van der Waals surface area contributed by atoms with Crippen LogP contribution in [0, 0.1) is 0 Å². The molecule has 2 aromatic rings. The van der Waals surface area contributed by atoms with Crippen molar-refractivity contribution in [1.82, 2.24) is 4.72 Å². The molecule has 0 radical (unpaired) electrons. The molecule has 25 heavy (non-hydrogen) atoms. The zero-order chi connectivity index (χ0) is 18.3. The number of anilines is 1. The van der Waals surface area contributed by atoms with Crippen LogP contribution >= 0.6 is 11.8 Å². The average Bonchev–Trinajstić information content (AvgIpc) is 2.59. The number of sulfonamides is 1. The van der Waals surface area contributed by atoms with Gasteiger partial charge in [-0.15, -0.1) is 11.8 Å². The third-order valence-corrected chi connectivity index (χ3v) is 4.52. The van der Waals surface area contributed by atoms with E-state index in [-0.39, 0.29) is 5.96 Å². The highest BCUT2D eigenvalue weighted by molar-refractivity contribution is 7.98. The van der Waals surface area contributed by atoms with E-state index in [9.17, 15) is 8.42 Å². The molecular weight excluding hydrogens is 358 g/mol. The average molecular weight is 380 g/mol. The van der Waals surface area contributed by atoms with Gasteiger partial charge in [-0.1, -0.05) is 12.1 Å². The SMILES string of the molecule is COc1ccc(NC(=NCc2ccc(SC)cc2)NS(C)(=O)=O)cc1. The van der Waals surface area contributed by atoms with E-state index in [1.54, 1.807) is 43.1 Å². The van der Waals surface area contributed by atoms with Crippen LogP contribution in [0.25, 0.3) is 0 Å². The van der Waals surface area contributed by atoms with E-state index in [0.29, 0.717) is 18.0 Å². The minimum absolute atomic E-state index is 0.168. The van der Waals surface area contributed by atoms with E-state index in [4.69, 9.17) is 4.74 Å². The van der Waals surface area contributed by atoms with Gasteiger partial charge >= 0.3 is 0 Å². The summed E-state index contributed by atoms with van der Waals surface area (Å²) in [7, 11) is -1.86. The molecule has 2 rings (SSSR count). The van der Waals surface area contributed by atoms with E-state index in [0.717, 1.165) is 11.8 Å². The number of hydrogen-bond acceptors (Lipinski definition) is 5. The Morgan fingerprint density at radius 3 is 2.28 bits per heavy atom. The molecule has 0 fully saturated rings. The lowest BCUT2D eigenvalue weighted by atomic mass is 10.2. The molecule has 2 N–H and O–H groups in total. The van der Waals surface area contributed by atoms with Crippen LogP contribution in [0.1, 0.15) is 5.56 Å². The van der Waals surface area contributed by atoms with Crippen LogP contribution in [0.4, 0.5) is 5.69 Å². The summed E-state index contributed by atoms with van der Waals surface area (Å²) in [6, 6.07) is 15.1. The van der Waals surface area contributed by atoms with Crippen LogP contribution in [-0.2, 0) is 16.6 Å². The largest absolute Gasteiger partial charge is 0.497 e. The predicted octanol–water partition coefficient (Wildman–Crippen LogP) is 2.93. The van der Waals surface area contributed by atoms with Crippen molar-refractivity contribution in [2.75, 3.05) is 24.9 Å². The van der Waals surface area contributed by atoms with Gasteiger partial charge in [0.2, 0.25) is 16.0 Å². The second-order valence-corrected chi connectivity index (χ2v) is 7.87. The van der Waals surface area contributed by atoms with Gasteiger partial charge in [-0.2, -0.15) is 0 Å². The number of nitrogens with one attached hydrogen (secondary N) is 2. The highest BCUT2D eigenvalue weighted by atomic mass is 32.2. The number of methoxy groups -OCH3 is 1. The topological polar surface area (TPSA) is 79.8 Å². The molecule has 0 saturated heterocycles. The fourth-order valence-corrected chi connectivity index (χ4v) is 2.86. The number of guanidine groups is 1. The van der Waals surface area contributed by atoms with Crippen LogP contribution in [0.15, 0.2) is 58.4 Å². The van der Waals surface area contributed by atoms with Gasteiger partial charge in [0.15, 0.2) is 0 Å². The number of rotatable bonds is 6. The minimum atomic E-state index is -3.44. The van der Waals surface area contributed by atoms with E-state index in [2.05, 4.69) is 15.0 Å². The number of hydrogen-bond donors (Lipinski definition) is 2. The van der Waals surface area contributed by atoms with Gasteiger partial charge in [-0.05, 0) is 48.2 Å². The fraction of sp³-hybridized carbons (Fsp3) is 0.235. The Labute approximate surface area is 152 Å². The molecule has 0 aliphatic carbocycles. The molecule has 8 heteroatoms. The summed E-state index contributed by atoms with van der Waals surface area (Å²) in [5.41, 5.74) is 1.69. The quantitative estimate of drug-likeness (QED) is 0.458. The number of thioether (sulfide) groups is 1. The Kier molecular flexibility index (Phi) is 6.72. The Morgan fingerprint density at radius 2 is 1.76 bits per heavy atom. The molecule has 2 aromatic carbocycles. The molecule has 134 valence electrons. The molecule has 0 unspecified atom stereocenters. The second-order valence-electron chi connectivity index (χ2n) is 5.24. The molecule has 0 aliphatic heterocycles. The number of nitrogens with zero attached hydrogens (tertiary/aromatic N) is 1. The summed E-state index contributed by atoms with van der Waals surface area (Å²) < 4.78 is 30.7. The summed E-state index contributed by atoms with van der Waals surface area (Å²) in [4.78, 5) is 5.52. The van der Waals surface area contributed by atoms with E-state index in [1.807, 2.05) is 30.5 Å². The van der Waals surface area contributed by atoms with Crippen LogP contribution in [-0.4, -0.2) is 34.0 Å². The molecule has 0 saturated carbocycles. The molecule has 0 atom stereocenters. The predicted molar refractivity (Wildman–Crippen MR) is 104 cm³/mol. The first-order valence-electron chi connectivity index (χ1n) is 7.46. The van der Waals surface area contributed by atoms with Gasteiger partial charge < -0.3 is 10.1 Å². The van der Waals surface area contributed by atoms with Gasteiger partial charge in [0.1, 0.15) is 5.75 Å². The second kappa shape index (κ2) is 8.77. The molecule has 0 aliphatic rings. The molecule has 0 spiro atoms. The Hall–Kier alpha value is -2.19. The maximum Gasteiger partial charge on any atom is 0.232 e. The van der Waals surface area contributed by atoms with Crippen LogP contribution in [0.2, 0.25) is 0 Å². The number of ether oxygens (including phenoxy) is 1. The highest BCUT2D eigenvalue weighted by Gasteiger charge is 2.07. The highest BCUT2D eigenvalue weighted by Crippen LogP contribution is 2.16. The van der Waals surface area contributed by atoms with Crippen molar-refractivity contribution in [1.29, 1.82) is 0 Å². The fourth-order valence-electron chi connectivity index (χ4n) is 1.99. The van der Waals surface area contributed by atoms with Crippen LogP contribution in [0.3, 0.4) is 0 Å². The third-order valence-electron chi connectivity index (χ3n) is 3.21. The van der Waals surface area contributed by atoms with Gasteiger partial charge in [-0.25, -0.2) is 13.4 Å². The Bertz CT molecular complexity index is 817. The van der Waals surface area contributed by atoms with Gasteiger partial charge in [0, 0.05) is 10.6 Å². The molecule has 0 bridgehead atoms. The van der Waals surface area contributed by atoms with Crippen molar-refractivity contribution in [3.63, 3.8) is 0 Å². The van der Waals surface area contributed by atoms with Crippen molar-refractivity contribution >= 4 is 33.4 Å². The Balaban J connectivity index is 2.15. The third kappa shape index (κ3) is 6.67. The molecule has 6 nitrogen and oxygen atoms in total. The van der Waals surface area contributed by atoms with Crippen molar-refractivity contribution in [3.8, 4) is 5.75 Å². The normalized spacial score (nSPS) is 11.9. The van der Waals surface area contributed by atoms with E-state index < -0.39 is 10.0 Å². The van der Waals surface area contributed by atoms with Crippen molar-refractivity contribution in [3.05, 3.63) is 54.1 Å². The molecule has 0 heterocycles. The first-order valence-corrected chi connectivity index (χ1v) is 10.6. The monoisotopic (exact) mass is 379 g/mol. The maximum absolute atomic E-state index is 11.6. The van der Waals surface area contributed by atoms with Crippen molar-refractivity contribution < 1.29 is 13.2 Å². The summed E-state index contributed by atoms with van der Waals surface area (Å²) in [5, 5.41) is 2.98. The molecule has 0 aromatic heterocycles. The van der Waals surface area contributed by atoms with Gasteiger partial charge in [-0.3, -0.25) is 4.72 Å². The summed E-state index contributed by atoms with van der Waals surface area (Å²) >= 11 is 1.66. The standard InChI is InChI=1S/C17H21N3O3S2/c1-23-15-8-6-14(7-9-15)19-17(20-25(3,21)22)18-12-13-4-10-16(24-2)11-5-13/h4-11H,12H2,1-3H3,(H2,18,19,20). The molecular formula is C17H21N3O3S2. The minimum Gasteiger partial charge on any atom is -0.497 e. The first-order chi connectivity index (χ1) is 11.9. The zero-order valence-electron chi connectivity index (χ0n) is 14.3. The summed E-state index contributed by atoms with van der Waals surface area (Å²) in [5.74, 6) is 0.885. The summed E-state index contributed by atoms with van der Waals surface area (Å²) in [6.07, 6.45) is 3.10. The van der Waals surface area contributed by atoms with Gasteiger partial charge in [0.05, 0.1) is 19.9 Å². The van der Waals surface area contributed by atoms with Gasteiger partial charge in [0.25, 0.3) is 0 Å². The number of aliphatic imine (C=N–C) groups is 1. The molecule has 0 amide bonds. The van der Waals surface area contributed by atoms with E-state index >= 15 is 0 Å². The lowest BCUT2D eigenvalue weighted by Gasteiger charge is -2.12. The van der Waals surface area contributed by atoms with E-state index in [1.165, 1.54) is 4.90 Å². The first kappa shape index (κ1) is 19.1. The Morgan fingerprint density at radius 1 is 1.12 bits per heavy atom. The number of benzene rings is 2. The lowest BCUT2D eigenvalue weighted by Crippen LogP contribution is -2.35. The summed E-state index contributed by atoms with van der Waals surface area (Å²) in [6.45, 7) is 0.357. The van der Waals surface area contributed by atoms with Crippen molar-refractivity contribution in [2.45, 2.75) is 11.4 Å². The lowest BCUT2D eigenvalue weighted by molar-refractivity contribution is 0.415. The smallest absolute Gasteiger partial charge is 0.232 e. The van der Waals surface area contributed by atoms with Crippen molar-refractivity contribution in [2.24, 2.45) is 4.99 Å². The zero-order valence-corrected chi connectivity index (χ0v) is 15.9. The maximum atomic E-state index is 11.6.